The number of furan rings is 1. The van der Waals surface area contributed by atoms with Gasteiger partial charge < -0.3 is 19.5 Å². The lowest BCUT2D eigenvalue weighted by Crippen LogP contribution is -2.21. The van der Waals surface area contributed by atoms with Gasteiger partial charge in [-0.1, -0.05) is 18.9 Å². The minimum absolute atomic E-state index is 0.242. The Morgan fingerprint density at radius 2 is 2.10 bits per heavy atom. The van der Waals surface area contributed by atoms with Crippen LogP contribution in [0.2, 0.25) is 0 Å². The van der Waals surface area contributed by atoms with Crippen molar-refractivity contribution in [1.29, 1.82) is 0 Å². The van der Waals surface area contributed by atoms with E-state index in [0.717, 1.165) is 18.6 Å². The van der Waals surface area contributed by atoms with Crippen molar-refractivity contribution >= 4 is 6.01 Å². The molecule has 0 saturated carbocycles. The van der Waals surface area contributed by atoms with E-state index in [2.05, 4.69) is 41.6 Å². The van der Waals surface area contributed by atoms with E-state index in [4.69, 9.17) is 8.83 Å². The van der Waals surface area contributed by atoms with Crippen LogP contribution < -0.4 is 10.6 Å². The Morgan fingerprint density at radius 3 is 2.80 bits per heavy atom. The summed E-state index contributed by atoms with van der Waals surface area (Å²) in [6.45, 7) is 6.82. The van der Waals surface area contributed by atoms with Gasteiger partial charge in [0.15, 0.2) is 0 Å². The van der Waals surface area contributed by atoms with Crippen LogP contribution in [0.5, 0.6) is 0 Å². The maximum atomic E-state index is 5.52. The largest absolute Gasteiger partial charge is 0.469 e. The second kappa shape index (κ2) is 7.09. The third-order valence-corrected chi connectivity index (χ3v) is 2.90. The maximum Gasteiger partial charge on any atom is 0.315 e. The molecule has 0 aliphatic rings. The predicted octanol–water partition coefficient (Wildman–Crippen LogP) is 2.59. The van der Waals surface area contributed by atoms with Crippen LogP contribution in [-0.2, 0) is 13.0 Å². The van der Waals surface area contributed by atoms with Crippen LogP contribution in [-0.4, -0.2) is 22.3 Å². The lowest BCUT2D eigenvalue weighted by molar-refractivity contribution is 0.452. The number of aryl methyl sites for hydroxylation is 1. The minimum atomic E-state index is 0.242. The van der Waals surface area contributed by atoms with Crippen molar-refractivity contribution in [2.75, 3.05) is 5.32 Å². The summed E-state index contributed by atoms with van der Waals surface area (Å²) in [7, 11) is 0. The van der Waals surface area contributed by atoms with E-state index < -0.39 is 0 Å². The highest BCUT2D eigenvalue weighted by Gasteiger charge is 2.10. The highest BCUT2D eigenvalue weighted by molar-refractivity contribution is 5.19. The molecule has 0 aliphatic heterocycles. The van der Waals surface area contributed by atoms with Crippen molar-refractivity contribution < 1.29 is 8.83 Å². The summed E-state index contributed by atoms with van der Waals surface area (Å²) in [4.78, 5) is 0. The lowest BCUT2D eigenvalue weighted by Gasteiger charge is -2.10. The average Bonchev–Trinajstić information content (AvgIpc) is 3.05. The fourth-order valence-electron chi connectivity index (χ4n) is 1.77. The Kier molecular flexibility index (Phi) is 5.17. The molecule has 2 rings (SSSR count). The first-order valence-corrected chi connectivity index (χ1v) is 6.98. The first-order valence-electron chi connectivity index (χ1n) is 6.98. The zero-order chi connectivity index (χ0) is 14.4. The van der Waals surface area contributed by atoms with Gasteiger partial charge in [-0.25, -0.2) is 0 Å². The molecule has 20 heavy (non-hydrogen) atoms. The number of hydrogen-bond acceptors (Lipinski definition) is 6. The molecule has 0 amide bonds. The minimum Gasteiger partial charge on any atom is -0.469 e. The normalized spacial score (nSPS) is 12.8. The number of hydrogen-bond donors (Lipinski definition) is 2. The number of anilines is 1. The Hall–Kier alpha value is -1.82. The molecule has 6 heteroatoms. The highest BCUT2D eigenvalue weighted by atomic mass is 16.4. The Balaban J connectivity index is 1.74. The molecule has 2 heterocycles. The summed E-state index contributed by atoms with van der Waals surface area (Å²) in [5.41, 5.74) is 0. The topological polar surface area (TPSA) is 76.1 Å². The molecule has 0 aromatic carbocycles. The van der Waals surface area contributed by atoms with Gasteiger partial charge in [0.05, 0.1) is 12.8 Å². The molecular formula is C14H22N4O2. The van der Waals surface area contributed by atoms with Crippen LogP contribution in [0.3, 0.4) is 0 Å². The second-order valence-electron chi connectivity index (χ2n) is 5.20. The van der Waals surface area contributed by atoms with Gasteiger partial charge in [0, 0.05) is 18.5 Å². The molecule has 0 radical (unpaired) electrons. The van der Waals surface area contributed by atoms with E-state index in [9.17, 15) is 0 Å². The maximum absolute atomic E-state index is 5.52. The van der Waals surface area contributed by atoms with Crippen LogP contribution in [0.25, 0.3) is 0 Å². The van der Waals surface area contributed by atoms with Crippen molar-refractivity contribution in [2.45, 2.75) is 52.2 Å². The third kappa shape index (κ3) is 4.70. The molecule has 0 bridgehead atoms. The van der Waals surface area contributed by atoms with Gasteiger partial charge in [-0.05, 0) is 25.5 Å². The molecule has 110 valence electrons. The Morgan fingerprint density at radius 1 is 1.25 bits per heavy atom. The van der Waals surface area contributed by atoms with Crippen molar-refractivity contribution in [2.24, 2.45) is 0 Å². The molecule has 0 spiro atoms. The van der Waals surface area contributed by atoms with Crippen molar-refractivity contribution in [3.05, 3.63) is 30.0 Å². The predicted molar refractivity (Wildman–Crippen MR) is 76.4 cm³/mol. The number of rotatable bonds is 8. The molecule has 2 N–H and O–H groups in total. The summed E-state index contributed by atoms with van der Waals surface area (Å²) in [5, 5.41) is 14.4. The first kappa shape index (κ1) is 14.6. The van der Waals surface area contributed by atoms with Crippen LogP contribution in [0.15, 0.2) is 27.2 Å². The monoisotopic (exact) mass is 278 g/mol. The standard InChI is InChI=1S/C14H22N4O2/c1-10(2)15-9-13-17-18-14(20-13)16-11(3)6-7-12-5-4-8-19-12/h4-5,8,10-11,15H,6-7,9H2,1-3H3,(H,16,18). The van der Waals surface area contributed by atoms with E-state index in [-0.39, 0.29) is 6.04 Å². The fraction of sp³-hybridized carbons (Fsp3) is 0.571. The quantitative estimate of drug-likeness (QED) is 0.773. The van der Waals surface area contributed by atoms with Gasteiger partial charge in [-0.3, -0.25) is 0 Å². The Labute approximate surface area is 119 Å². The third-order valence-electron chi connectivity index (χ3n) is 2.90. The lowest BCUT2D eigenvalue weighted by atomic mass is 10.1. The molecule has 2 aromatic heterocycles. The second-order valence-corrected chi connectivity index (χ2v) is 5.20. The van der Waals surface area contributed by atoms with E-state index in [0.29, 0.717) is 24.5 Å². The van der Waals surface area contributed by atoms with Crippen LogP contribution in [0.4, 0.5) is 6.01 Å². The van der Waals surface area contributed by atoms with Crippen LogP contribution >= 0.6 is 0 Å². The van der Waals surface area contributed by atoms with Crippen LogP contribution in [0.1, 0.15) is 38.8 Å². The molecule has 6 nitrogen and oxygen atoms in total. The van der Waals surface area contributed by atoms with Gasteiger partial charge in [0.25, 0.3) is 0 Å². The molecule has 1 atom stereocenters. The van der Waals surface area contributed by atoms with Crippen molar-refractivity contribution in [3.8, 4) is 0 Å². The summed E-state index contributed by atoms with van der Waals surface area (Å²) in [6.07, 6.45) is 3.52. The van der Waals surface area contributed by atoms with Crippen molar-refractivity contribution in [1.82, 2.24) is 15.5 Å². The smallest absolute Gasteiger partial charge is 0.315 e. The summed E-state index contributed by atoms with van der Waals surface area (Å²) < 4.78 is 10.8. The fourth-order valence-corrected chi connectivity index (χ4v) is 1.77. The highest BCUT2D eigenvalue weighted by Crippen LogP contribution is 2.11. The molecule has 2 aromatic rings. The van der Waals surface area contributed by atoms with Gasteiger partial charge >= 0.3 is 6.01 Å². The van der Waals surface area contributed by atoms with E-state index >= 15 is 0 Å². The zero-order valence-electron chi connectivity index (χ0n) is 12.2. The first-order chi connectivity index (χ1) is 9.63. The SMILES string of the molecule is CC(C)NCc1nnc(NC(C)CCc2ccco2)o1. The van der Waals surface area contributed by atoms with Gasteiger partial charge in [0.2, 0.25) is 5.89 Å². The number of nitrogens with zero attached hydrogens (tertiary/aromatic N) is 2. The number of aromatic nitrogens is 2. The van der Waals surface area contributed by atoms with Gasteiger partial charge in [0.1, 0.15) is 5.76 Å². The summed E-state index contributed by atoms with van der Waals surface area (Å²) in [5.74, 6) is 1.59. The van der Waals surface area contributed by atoms with Crippen LogP contribution in [0, 0.1) is 0 Å². The molecule has 0 fully saturated rings. The van der Waals surface area contributed by atoms with Gasteiger partial charge in [-0.15, -0.1) is 5.10 Å². The summed E-state index contributed by atoms with van der Waals surface area (Å²) >= 11 is 0. The number of nitrogens with one attached hydrogen (secondary N) is 2. The molecular weight excluding hydrogens is 256 g/mol. The van der Waals surface area contributed by atoms with Gasteiger partial charge in [-0.2, -0.15) is 0 Å². The van der Waals surface area contributed by atoms with E-state index in [1.54, 1.807) is 6.26 Å². The van der Waals surface area contributed by atoms with E-state index in [1.807, 2.05) is 12.1 Å². The molecule has 0 saturated heterocycles. The Bertz CT molecular complexity index is 493. The average molecular weight is 278 g/mol. The van der Waals surface area contributed by atoms with E-state index in [1.165, 1.54) is 0 Å². The summed E-state index contributed by atoms with van der Waals surface area (Å²) in [6, 6.07) is 4.99. The molecule has 1 unspecified atom stereocenters. The zero-order valence-corrected chi connectivity index (χ0v) is 12.2. The molecule has 0 aliphatic carbocycles. The van der Waals surface area contributed by atoms with Crippen molar-refractivity contribution in [3.63, 3.8) is 0 Å².